The lowest BCUT2D eigenvalue weighted by molar-refractivity contribution is -0.109. The summed E-state index contributed by atoms with van der Waals surface area (Å²) in [6.45, 7) is 0.711. The number of carbonyl (C=O) groups excluding carboxylic acids is 1. The molecule has 0 radical (unpaired) electrons. The van der Waals surface area contributed by atoms with E-state index in [1.54, 1.807) is 6.33 Å². The SMILES string of the molecule is O=CNCCCc1ncns1. The second-order valence-electron chi connectivity index (χ2n) is 2.01. The maximum atomic E-state index is 9.83. The van der Waals surface area contributed by atoms with E-state index in [1.165, 1.54) is 11.5 Å². The lowest BCUT2D eigenvalue weighted by atomic mass is 10.3. The Kier molecular flexibility index (Phi) is 3.54. The number of amides is 1. The van der Waals surface area contributed by atoms with Gasteiger partial charge in [0.05, 0.1) is 0 Å². The lowest BCUT2D eigenvalue weighted by Gasteiger charge is -1.94. The third-order valence-electron chi connectivity index (χ3n) is 1.20. The van der Waals surface area contributed by atoms with Crippen LogP contribution in [0.5, 0.6) is 0 Å². The fraction of sp³-hybridized carbons (Fsp3) is 0.500. The van der Waals surface area contributed by atoms with Gasteiger partial charge in [-0.05, 0) is 18.0 Å². The van der Waals surface area contributed by atoms with Gasteiger partial charge in [-0.3, -0.25) is 4.79 Å². The number of aromatic nitrogens is 2. The smallest absolute Gasteiger partial charge is 0.207 e. The van der Waals surface area contributed by atoms with Crippen LogP contribution in [0.1, 0.15) is 11.4 Å². The highest BCUT2D eigenvalue weighted by Gasteiger charge is 1.94. The molecule has 1 heterocycles. The van der Waals surface area contributed by atoms with Gasteiger partial charge in [-0.15, -0.1) is 0 Å². The van der Waals surface area contributed by atoms with Gasteiger partial charge in [0.1, 0.15) is 11.3 Å². The van der Waals surface area contributed by atoms with E-state index in [9.17, 15) is 4.79 Å². The third-order valence-corrected chi connectivity index (χ3v) is 1.92. The molecule has 0 unspecified atom stereocenters. The largest absolute Gasteiger partial charge is 0.359 e. The summed E-state index contributed by atoms with van der Waals surface area (Å²) in [5, 5.41) is 3.61. The fourth-order valence-electron chi connectivity index (χ4n) is 0.707. The van der Waals surface area contributed by atoms with Crippen LogP contribution in [0.2, 0.25) is 0 Å². The lowest BCUT2D eigenvalue weighted by Crippen LogP contribution is -2.12. The average molecular weight is 171 g/mol. The number of hydrogen-bond acceptors (Lipinski definition) is 4. The van der Waals surface area contributed by atoms with Crippen molar-refractivity contribution in [1.82, 2.24) is 14.7 Å². The number of nitrogens with one attached hydrogen (secondary N) is 1. The summed E-state index contributed by atoms with van der Waals surface area (Å²) < 4.78 is 3.86. The second-order valence-corrected chi connectivity index (χ2v) is 2.88. The van der Waals surface area contributed by atoms with Crippen LogP contribution in [-0.4, -0.2) is 22.3 Å². The Balaban J connectivity index is 2.09. The molecular weight excluding hydrogens is 162 g/mol. The van der Waals surface area contributed by atoms with Crippen molar-refractivity contribution in [3.05, 3.63) is 11.3 Å². The van der Waals surface area contributed by atoms with Crippen LogP contribution in [0.3, 0.4) is 0 Å². The van der Waals surface area contributed by atoms with Gasteiger partial charge in [-0.1, -0.05) is 0 Å². The molecule has 1 aromatic heterocycles. The van der Waals surface area contributed by atoms with Crippen molar-refractivity contribution in [3.63, 3.8) is 0 Å². The summed E-state index contributed by atoms with van der Waals surface area (Å²) in [4.78, 5) is 13.8. The predicted molar refractivity (Wildman–Crippen MR) is 42.3 cm³/mol. The molecule has 0 aliphatic heterocycles. The van der Waals surface area contributed by atoms with E-state index in [0.29, 0.717) is 13.0 Å². The molecule has 5 heteroatoms. The minimum Gasteiger partial charge on any atom is -0.359 e. The van der Waals surface area contributed by atoms with E-state index in [2.05, 4.69) is 14.7 Å². The Bertz CT molecular complexity index is 200. The van der Waals surface area contributed by atoms with Crippen LogP contribution in [-0.2, 0) is 11.2 Å². The molecule has 0 aliphatic rings. The van der Waals surface area contributed by atoms with Crippen molar-refractivity contribution in [2.75, 3.05) is 6.54 Å². The van der Waals surface area contributed by atoms with Crippen LogP contribution < -0.4 is 5.32 Å². The van der Waals surface area contributed by atoms with E-state index in [0.717, 1.165) is 17.8 Å². The van der Waals surface area contributed by atoms with Gasteiger partial charge >= 0.3 is 0 Å². The van der Waals surface area contributed by atoms with E-state index >= 15 is 0 Å². The molecule has 0 saturated heterocycles. The van der Waals surface area contributed by atoms with Crippen molar-refractivity contribution in [3.8, 4) is 0 Å². The number of carbonyl (C=O) groups is 1. The molecule has 0 fully saturated rings. The molecule has 1 aromatic rings. The molecule has 0 spiro atoms. The third kappa shape index (κ3) is 3.08. The second kappa shape index (κ2) is 4.79. The van der Waals surface area contributed by atoms with E-state index < -0.39 is 0 Å². The molecule has 0 aliphatic carbocycles. The zero-order valence-corrected chi connectivity index (χ0v) is 6.80. The van der Waals surface area contributed by atoms with Gasteiger partial charge in [0.15, 0.2) is 0 Å². The monoisotopic (exact) mass is 171 g/mol. The van der Waals surface area contributed by atoms with Crippen LogP contribution in [0.4, 0.5) is 0 Å². The Labute approximate surface area is 68.8 Å². The molecule has 1 rings (SSSR count). The summed E-state index contributed by atoms with van der Waals surface area (Å²) in [5.41, 5.74) is 0. The molecule has 0 saturated carbocycles. The van der Waals surface area contributed by atoms with Gasteiger partial charge < -0.3 is 5.32 Å². The summed E-state index contributed by atoms with van der Waals surface area (Å²) in [6, 6.07) is 0. The van der Waals surface area contributed by atoms with Gasteiger partial charge in [-0.2, -0.15) is 4.37 Å². The fourth-order valence-corrected chi connectivity index (χ4v) is 1.25. The maximum Gasteiger partial charge on any atom is 0.207 e. The number of nitrogens with zero attached hydrogens (tertiary/aromatic N) is 2. The maximum absolute atomic E-state index is 9.83. The Morgan fingerprint density at radius 1 is 1.73 bits per heavy atom. The van der Waals surface area contributed by atoms with Gasteiger partial charge in [0.2, 0.25) is 6.41 Å². The zero-order valence-electron chi connectivity index (χ0n) is 5.99. The number of aryl methyl sites for hydroxylation is 1. The van der Waals surface area contributed by atoms with Crippen LogP contribution in [0, 0.1) is 0 Å². The Morgan fingerprint density at radius 2 is 2.64 bits per heavy atom. The molecule has 4 nitrogen and oxygen atoms in total. The highest BCUT2D eigenvalue weighted by molar-refractivity contribution is 7.05. The van der Waals surface area contributed by atoms with Crippen LogP contribution in [0.15, 0.2) is 6.33 Å². The topological polar surface area (TPSA) is 54.9 Å². The van der Waals surface area contributed by atoms with Crippen LogP contribution >= 0.6 is 11.5 Å². The molecule has 0 atom stereocenters. The Morgan fingerprint density at radius 3 is 3.27 bits per heavy atom. The summed E-state index contributed by atoms with van der Waals surface area (Å²) in [7, 11) is 0. The van der Waals surface area contributed by atoms with Crippen molar-refractivity contribution >= 4 is 17.9 Å². The molecule has 0 aromatic carbocycles. The van der Waals surface area contributed by atoms with Crippen molar-refractivity contribution in [2.45, 2.75) is 12.8 Å². The van der Waals surface area contributed by atoms with Crippen molar-refractivity contribution in [2.24, 2.45) is 0 Å². The predicted octanol–water partition coefficient (Wildman–Crippen LogP) is 0.217. The molecular formula is C6H9N3OS. The first kappa shape index (κ1) is 8.13. The highest BCUT2D eigenvalue weighted by atomic mass is 32.1. The number of rotatable bonds is 5. The Hall–Kier alpha value is -0.970. The highest BCUT2D eigenvalue weighted by Crippen LogP contribution is 2.01. The molecule has 1 amide bonds. The first-order valence-corrected chi connectivity index (χ1v) is 4.13. The van der Waals surface area contributed by atoms with E-state index in [4.69, 9.17) is 0 Å². The normalized spacial score (nSPS) is 9.45. The van der Waals surface area contributed by atoms with Gasteiger partial charge in [0, 0.05) is 13.0 Å². The van der Waals surface area contributed by atoms with Crippen molar-refractivity contribution < 1.29 is 4.79 Å². The minimum atomic E-state index is 0.708. The van der Waals surface area contributed by atoms with Gasteiger partial charge in [0.25, 0.3) is 0 Å². The molecule has 60 valence electrons. The first-order valence-electron chi connectivity index (χ1n) is 3.36. The summed E-state index contributed by atoms with van der Waals surface area (Å²) in [6.07, 6.45) is 4.08. The van der Waals surface area contributed by atoms with E-state index in [1.807, 2.05) is 0 Å². The molecule has 1 N–H and O–H groups in total. The molecule has 11 heavy (non-hydrogen) atoms. The van der Waals surface area contributed by atoms with E-state index in [-0.39, 0.29) is 0 Å². The van der Waals surface area contributed by atoms with Crippen LogP contribution in [0.25, 0.3) is 0 Å². The average Bonchev–Trinajstić information content (AvgIpc) is 2.50. The first-order chi connectivity index (χ1) is 5.43. The summed E-state index contributed by atoms with van der Waals surface area (Å²) in [5.74, 6) is 0. The summed E-state index contributed by atoms with van der Waals surface area (Å²) >= 11 is 1.40. The van der Waals surface area contributed by atoms with Gasteiger partial charge in [-0.25, -0.2) is 4.98 Å². The quantitative estimate of drug-likeness (QED) is 0.509. The molecule has 0 bridgehead atoms. The standard InChI is InChI=1S/C6H9N3OS/c10-5-7-3-1-2-6-8-4-9-11-6/h4-5H,1-3H2,(H,7,10). The zero-order chi connectivity index (χ0) is 7.94. The number of hydrogen-bond donors (Lipinski definition) is 1. The van der Waals surface area contributed by atoms with Crippen molar-refractivity contribution in [1.29, 1.82) is 0 Å². The minimum absolute atomic E-state index is 0.708.